The third-order valence-corrected chi connectivity index (χ3v) is 5.51. The molecule has 144 valence electrons. The van der Waals surface area contributed by atoms with Crippen LogP contribution in [0.15, 0.2) is 60.7 Å². The van der Waals surface area contributed by atoms with Gasteiger partial charge >= 0.3 is 0 Å². The zero-order chi connectivity index (χ0) is 19.3. The highest BCUT2D eigenvalue weighted by Gasteiger charge is 2.21. The number of hydrogen-bond acceptors (Lipinski definition) is 4. The van der Waals surface area contributed by atoms with Crippen molar-refractivity contribution in [3.63, 3.8) is 0 Å². The lowest BCUT2D eigenvalue weighted by molar-refractivity contribution is 0.400. The molecule has 0 aliphatic carbocycles. The monoisotopic (exact) mass is 372 g/mol. The van der Waals surface area contributed by atoms with Gasteiger partial charge in [0.1, 0.15) is 5.82 Å². The zero-order valence-corrected chi connectivity index (χ0v) is 16.7. The minimum atomic E-state index is 0.744. The van der Waals surface area contributed by atoms with Crippen LogP contribution in [0.4, 0.5) is 17.5 Å². The largest absolute Gasteiger partial charge is 0.341 e. The summed E-state index contributed by atoms with van der Waals surface area (Å²) in [6, 6.07) is 21.1. The van der Waals surface area contributed by atoms with Crippen molar-refractivity contribution in [1.82, 2.24) is 9.97 Å². The summed E-state index contributed by atoms with van der Waals surface area (Å²) in [5.41, 5.74) is 4.74. The van der Waals surface area contributed by atoms with E-state index < -0.39 is 0 Å². The van der Waals surface area contributed by atoms with Gasteiger partial charge in [-0.25, -0.2) is 4.98 Å². The SMILES string of the molecule is Cc1cc(Nc2ccccc2C)nc(N2CCC(Cc3ccccc3)CC2)n1. The van der Waals surface area contributed by atoms with E-state index in [0.717, 1.165) is 42.2 Å². The van der Waals surface area contributed by atoms with Crippen LogP contribution in [0, 0.1) is 19.8 Å². The van der Waals surface area contributed by atoms with E-state index in [0.29, 0.717) is 0 Å². The van der Waals surface area contributed by atoms with Crippen LogP contribution < -0.4 is 10.2 Å². The van der Waals surface area contributed by atoms with E-state index in [4.69, 9.17) is 9.97 Å². The zero-order valence-electron chi connectivity index (χ0n) is 16.7. The Morgan fingerprint density at radius 3 is 2.39 bits per heavy atom. The maximum atomic E-state index is 4.81. The molecule has 1 aromatic heterocycles. The van der Waals surface area contributed by atoms with Gasteiger partial charge in [-0.1, -0.05) is 48.5 Å². The van der Waals surface area contributed by atoms with Gasteiger partial charge in [0, 0.05) is 30.5 Å². The van der Waals surface area contributed by atoms with Crippen LogP contribution in [0.2, 0.25) is 0 Å². The van der Waals surface area contributed by atoms with E-state index in [2.05, 4.69) is 65.7 Å². The van der Waals surface area contributed by atoms with Crippen molar-refractivity contribution in [1.29, 1.82) is 0 Å². The van der Waals surface area contributed by atoms with Crippen molar-refractivity contribution in [3.05, 3.63) is 77.5 Å². The molecule has 4 heteroatoms. The molecule has 0 unspecified atom stereocenters. The standard InChI is InChI=1S/C24H28N4/c1-18-8-6-7-11-22(18)26-23-16-19(2)25-24(27-23)28-14-12-21(13-15-28)17-20-9-4-3-5-10-20/h3-11,16,21H,12-15,17H2,1-2H3,(H,25,26,27). The van der Waals surface area contributed by atoms with Crippen LogP contribution in [0.1, 0.15) is 29.7 Å². The predicted molar refractivity (Wildman–Crippen MR) is 116 cm³/mol. The van der Waals surface area contributed by atoms with Crippen LogP contribution in [-0.4, -0.2) is 23.1 Å². The first kappa shape index (κ1) is 18.5. The van der Waals surface area contributed by atoms with Gasteiger partial charge in [-0.3, -0.25) is 0 Å². The molecule has 1 aliphatic heterocycles. The van der Waals surface area contributed by atoms with Crippen molar-refractivity contribution in [3.8, 4) is 0 Å². The smallest absolute Gasteiger partial charge is 0.227 e. The van der Waals surface area contributed by atoms with Crippen LogP contribution in [0.5, 0.6) is 0 Å². The highest BCUT2D eigenvalue weighted by atomic mass is 15.3. The minimum Gasteiger partial charge on any atom is -0.341 e. The molecule has 1 fully saturated rings. The number of para-hydroxylation sites is 1. The number of nitrogens with zero attached hydrogens (tertiary/aromatic N) is 3. The predicted octanol–water partition coefficient (Wildman–Crippen LogP) is 5.30. The number of aromatic nitrogens is 2. The molecule has 0 bridgehead atoms. The maximum absolute atomic E-state index is 4.81. The van der Waals surface area contributed by atoms with E-state index in [1.165, 1.54) is 30.4 Å². The molecular weight excluding hydrogens is 344 g/mol. The van der Waals surface area contributed by atoms with Gasteiger partial charge in [-0.2, -0.15) is 4.98 Å². The van der Waals surface area contributed by atoms with E-state index >= 15 is 0 Å². The number of hydrogen-bond donors (Lipinski definition) is 1. The summed E-state index contributed by atoms with van der Waals surface area (Å²) in [7, 11) is 0. The van der Waals surface area contributed by atoms with E-state index in [1.54, 1.807) is 0 Å². The number of rotatable bonds is 5. The molecule has 4 rings (SSSR count). The molecule has 0 amide bonds. The van der Waals surface area contributed by atoms with Gasteiger partial charge in [0.25, 0.3) is 0 Å². The molecule has 2 heterocycles. The quantitative estimate of drug-likeness (QED) is 0.660. The highest BCUT2D eigenvalue weighted by molar-refractivity contribution is 5.61. The fourth-order valence-electron chi connectivity index (χ4n) is 3.89. The van der Waals surface area contributed by atoms with Crippen molar-refractivity contribution in [2.45, 2.75) is 33.1 Å². The molecule has 0 saturated carbocycles. The highest BCUT2D eigenvalue weighted by Crippen LogP contribution is 2.26. The Morgan fingerprint density at radius 2 is 1.64 bits per heavy atom. The normalized spacial score (nSPS) is 14.9. The van der Waals surface area contributed by atoms with Crippen LogP contribution in [0.3, 0.4) is 0 Å². The summed E-state index contributed by atoms with van der Waals surface area (Å²) in [5.74, 6) is 2.45. The van der Waals surface area contributed by atoms with Crippen LogP contribution in [0.25, 0.3) is 0 Å². The van der Waals surface area contributed by atoms with Crippen molar-refractivity contribution in [2.75, 3.05) is 23.3 Å². The molecular formula is C24H28N4. The first-order chi connectivity index (χ1) is 13.7. The first-order valence-corrected chi connectivity index (χ1v) is 10.1. The van der Waals surface area contributed by atoms with Gasteiger partial charge < -0.3 is 10.2 Å². The number of aryl methyl sites for hydroxylation is 2. The van der Waals surface area contributed by atoms with E-state index in [1.807, 2.05) is 19.1 Å². The fourth-order valence-corrected chi connectivity index (χ4v) is 3.89. The first-order valence-electron chi connectivity index (χ1n) is 10.1. The Morgan fingerprint density at radius 1 is 0.929 bits per heavy atom. The number of benzene rings is 2. The van der Waals surface area contributed by atoms with Gasteiger partial charge in [0.05, 0.1) is 0 Å². The lowest BCUT2D eigenvalue weighted by Gasteiger charge is -2.32. The number of piperidine rings is 1. The van der Waals surface area contributed by atoms with Gasteiger partial charge in [-0.15, -0.1) is 0 Å². The van der Waals surface area contributed by atoms with Crippen molar-refractivity contribution >= 4 is 17.5 Å². The van der Waals surface area contributed by atoms with Gasteiger partial charge in [-0.05, 0) is 56.2 Å². The summed E-state index contributed by atoms with van der Waals surface area (Å²) < 4.78 is 0. The second-order valence-corrected chi connectivity index (χ2v) is 7.75. The summed E-state index contributed by atoms with van der Waals surface area (Å²) >= 11 is 0. The average Bonchev–Trinajstić information content (AvgIpc) is 2.71. The summed E-state index contributed by atoms with van der Waals surface area (Å²) in [6.45, 7) is 6.18. The van der Waals surface area contributed by atoms with E-state index in [-0.39, 0.29) is 0 Å². The van der Waals surface area contributed by atoms with Gasteiger partial charge in [0.15, 0.2) is 0 Å². The second kappa shape index (κ2) is 8.42. The minimum absolute atomic E-state index is 0.744. The molecule has 0 atom stereocenters. The Bertz CT molecular complexity index is 915. The van der Waals surface area contributed by atoms with Crippen molar-refractivity contribution < 1.29 is 0 Å². The molecule has 3 aromatic rings. The number of anilines is 3. The topological polar surface area (TPSA) is 41.1 Å². The molecule has 0 spiro atoms. The fraction of sp³-hybridized carbons (Fsp3) is 0.333. The van der Waals surface area contributed by atoms with Crippen LogP contribution >= 0.6 is 0 Å². The lowest BCUT2D eigenvalue weighted by atomic mass is 9.90. The Kier molecular flexibility index (Phi) is 5.56. The Labute approximate surface area is 167 Å². The van der Waals surface area contributed by atoms with Crippen LogP contribution in [-0.2, 0) is 6.42 Å². The molecule has 1 N–H and O–H groups in total. The molecule has 28 heavy (non-hydrogen) atoms. The third kappa shape index (κ3) is 4.50. The third-order valence-electron chi connectivity index (χ3n) is 5.51. The summed E-state index contributed by atoms with van der Waals surface area (Å²) in [6.07, 6.45) is 3.54. The lowest BCUT2D eigenvalue weighted by Crippen LogP contribution is -2.35. The van der Waals surface area contributed by atoms with Crippen molar-refractivity contribution in [2.24, 2.45) is 5.92 Å². The molecule has 1 aliphatic rings. The van der Waals surface area contributed by atoms with Gasteiger partial charge in [0.2, 0.25) is 5.95 Å². The Balaban J connectivity index is 1.42. The molecule has 2 aromatic carbocycles. The summed E-state index contributed by atoms with van der Waals surface area (Å²) in [4.78, 5) is 11.8. The number of nitrogens with one attached hydrogen (secondary N) is 1. The van der Waals surface area contributed by atoms with E-state index in [9.17, 15) is 0 Å². The summed E-state index contributed by atoms with van der Waals surface area (Å²) in [5, 5.41) is 3.46. The molecule has 1 saturated heterocycles. The second-order valence-electron chi connectivity index (χ2n) is 7.75. The Hall–Kier alpha value is -2.88. The maximum Gasteiger partial charge on any atom is 0.227 e. The molecule has 4 nitrogen and oxygen atoms in total. The molecule has 0 radical (unpaired) electrons. The average molecular weight is 373 g/mol.